The Hall–Kier alpha value is -2.40. The largest absolute Gasteiger partial charge is 0.366 e. The third-order valence-corrected chi connectivity index (χ3v) is 4.24. The van der Waals surface area contributed by atoms with Crippen molar-refractivity contribution in [2.24, 2.45) is 0 Å². The summed E-state index contributed by atoms with van der Waals surface area (Å²) in [6.45, 7) is 1.52. The molecule has 24 heavy (non-hydrogen) atoms. The number of anilines is 1. The number of benzene rings is 1. The van der Waals surface area contributed by atoms with Crippen LogP contribution in [0, 0.1) is 0 Å². The highest BCUT2D eigenvalue weighted by Gasteiger charge is 2.27. The van der Waals surface area contributed by atoms with Gasteiger partial charge >= 0.3 is 0 Å². The third-order valence-electron chi connectivity index (χ3n) is 4.04. The van der Waals surface area contributed by atoms with Gasteiger partial charge in [-0.25, -0.2) is 15.0 Å². The number of hydrogen-bond acceptors (Lipinski definition) is 4. The third kappa shape index (κ3) is 3.74. The molecule has 1 fully saturated rings. The summed E-state index contributed by atoms with van der Waals surface area (Å²) in [5.74, 6) is 2.14. The van der Waals surface area contributed by atoms with E-state index in [0.717, 1.165) is 31.0 Å². The zero-order valence-electron chi connectivity index (χ0n) is 13.2. The summed E-state index contributed by atoms with van der Waals surface area (Å²) in [7, 11) is 0. The Labute approximate surface area is 145 Å². The van der Waals surface area contributed by atoms with Gasteiger partial charge in [0.25, 0.3) is 0 Å². The van der Waals surface area contributed by atoms with E-state index in [9.17, 15) is 0 Å². The lowest BCUT2D eigenvalue weighted by Crippen LogP contribution is -2.05. The number of halogens is 1. The summed E-state index contributed by atoms with van der Waals surface area (Å²) in [4.78, 5) is 13.0. The van der Waals surface area contributed by atoms with Crippen LogP contribution in [0.15, 0.2) is 49.1 Å². The van der Waals surface area contributed by atoms with Crippen LogP contribution < -0.4 is 5.32 Å². The lowest BCUT2D eigenvalue weighted by atomic mass is 10.1. The molecule has 4 rings (SSSR count). The van der Waals surface area contributed by atoms with Crippen molar-refractivity contribution in [2.75, 3.05) is 5.32 Å². The number of imidazole rings is 1. The first kappa shape index (κ1) is 15.1. The monoisotopic (exact) mass is 339 g/mol. The Morgan fingerprint density at radius 2 is 2.04 bits per heavy atom. The summed E-state index contributed by atoms with van der Waals surface area (Å²) < 4.78 is 2.05. The molecule has 3 aromatic rings. The van der Waals surface area contributed by atoms with Gasteiger partial charge in [0, 0.05) is 37.5 Å². The van der Waals surface area contributed by atoms with Gasteiger partial charge in [-0.3, -0.25) is 0 Å². The minimum absolute atomic E-state index is 0.489. The van der Waals surface area contributed by atoms with Gasteiger partial charge in [-0.05, 0) is 24.0 Å². The normalized spacial score (nSPS) is 13.9. The van der Waals surface area contributed by atoms with Gasteiger partial charge < -0.3 is 9.88 Å². The second-order valence-electron chi connectivity index (χ2n) is 6.12. The molecule has 0 spiro atoms. The van der Waals surface area contributed by atoms with Crippen molar-refractivity contribution < 1.29 is 0 Å². The molecule has 0 aliphatic heterocycles. The van der Waals surface area contributed by atoms with Crippen LogP contribution in [0.5, 0.6) is 0 Å². The van der Waals surface area contributed by atoms with Crippen molar-refractivity contribution in [1.29, 1.82) is 0 Å². The summed E-state index contributed by atoms with van der Waals surface area (Å²) in [5.41, 5.74) is 2.45. The molecule has 2 heterocycles. The van der Waals surface area contributed by atoms with Crippen molar-refractivity contribution in [3.05, 3.63) is 71.2 Å². The molecule has 6 heteroatoms. The molecule has 122 valence electrons. The molecule has 1 saturated carbocycles. The van der Waals surface area contributed by atoms with Crippen LogP contribution in [0.25, 0.3) is 0 Å². The summed E-state index contributed by atoms with van der Waals surface area (Å²) in [5, 5.41) is 3.86. The van der Waals surface area contributed by atoms with Gasteiger partial charge in [-0.1, -0.05) is 35.9 Å². The van der Waals surface area contributed by atoms with E-state index in [4.69, 9.17) is 11.6 Å². The van der Waals surface area contributed by atoms with Crippen LogP contribution in [0.2, 0.25) is 5.15 Å². The molecular weight excluding hydrogens is 322 g/mol. The van der Waals surface area contributed by atoms with Crippen molar-refractivity contribution in [3.8, 4) is 0 Å². The SMILES string of the molecule is Clc1cc(NCc2cccc(Cn3ccnc3)c2)nc(C2CC2)n1. The van der Waals surface area contributed by atoms with E-state index in [1.165, 1.54) is 11.1 Å². The van der Waals surface area contributed by atoms with Gasteiger partial charge in [-0.2, -0.15) is 0 Å². The van der Waals surface area contributed by atoms with Gasteiger partial charge in [0.05, 0.1) is 6.33 Å². The fraction of sp³-hybridized carbons (Fsp3) is 0.278. The Morgan fingerprint density at radius 1 is 1.17 bits per heavy atom. The molecule has 1 N–H and O–H groups in total. The number of rotatable bonds is 6. The van der Waals surface area contributed by atoms with E-state index in [-0.39, 0.29) is 0 Å². The van der Waals surface area contributed by atoms with E-state index in [1.807, 2.05) is 12.5 Å². The van der Waals surface area contributed by atoms with Crippen molar-refractivity contribution in [1.82, 2.24) is 19.5 Å². The van der Waals surface area contributed by atoms with E-state index >= 15 is 0 Å². The first-order valence-electron chi connectivity index (χ1n) is 8.08. The standard InChI is InChI=1S/C18H18ClN5/c19-16-9-17(23-18(22-16)15-4-5-15)21-10-13-2-1-3-14(8-13)11-24-7-6-20-12-24/h1-3,6-9,12,15H,4-5,10-11H2,(H,21,22,23). The molecule has 5 nitrogen and oxygen atoms in total. The molecule has 1 aromatic carbocycles. The Balaban J connectivity index is 1.44. The van der Waals surface area contributed by atoms with E-state index in [1.54, 1.807) is 12.3 Å². The molecule has 0 atom stereocenters. The summed E-state index contributed by atoms with van der Waals surface area (Å²) in [6.07, 6.45) is 7.91. The van der Waals surface area contributed by atoms with Gasteiger partial charge in [0.15, 0.2) is 0 Å². The number of nitrogens with zero attached hydrogens (tertiary/aromatic N) is 4. The quantitative estimate of drug-likeness (QED) is 0.693. The lowest BCUT2D eigenvalue weighted by Gasteiger charge is -2.09. The molecule has 0 saturated heterocycles. The predicted molar refractivity (Wildman–Crippen MR) is 94.1 cm³/mol. The fourth-order valence-electron chi connectivity index (χ4n) is 2.67. The van der Waals surface area contributed by atoms with E-state index in [2.05, 4.69) is 49.1 Å². The average molecular weight is 340 g/mol. The maximum absolute atomic E-state index is 6.11. The molecular formula is C18H18ClN5. The maximum Gasteiger partial charge on any atom is 0.135 e. The minimum Gasteiger partial charge on any atom is -0.366 e. The number of nitrogens with one attached hydrogen (secondary N) is 1. The van der Waals surface area contributed by atoms with Crippen LogP contribution in [0.4, 0.5) is 5.82 Å². The van der Waals surface area contributed by atoms with Crippen molar-refractivity contribution in [2.45, 2.75) is 31.8 Å². The molecule has 2 aromatic heterocycles. The Morgan fingerprint density at radius 3 is 2.83 bits per heavy atom. The van der Waals surface area contributed by atoms with Crippen LogP contribution in [-0.4, -0.2) is 19.5 Å². The van der Waals surface area contributed by atoms with Gasteiger partial charge in [-0.15, -0.1) is 0 Å². The topological polar surface area (TPSA) is 55.6 Å². The summed E-state index contributed by atoms with van der Waals surface area (Å²) in [6, 6.07) is 10.3. The molecule has 1 aliphatic carbocycles. The van der Waals surface area contributed by atoms with E-state index in [0.29, 0.717) is 17.6 Å². The first-order valence-corrected chi connectivity index (χ1v) is 8.46. The second-order valence-corrected chi connectivity index (χ2v) is 6.50. The van der Waals surface area contributed by atoms with Crippen molar-refractivity contribution in [3.63, 3.8) is 0 Å². The lowest BCUT2D eigenvalue weighted by molar-refractivity contribution is 0.796. The zero-order valence-corrected chi connectivity index (χ0v) is 13.9. The Bertz CT molecular complexity index is 827. The maximum atomic E-state index is 6.11. The molecule has 1 aliphatic rings. The van der Waals surface area contributed by atoms with Gasteiger partial charge in [0.2, 0.25) is 0 Å². The number of hydrogen-bond donors (Lipinski definition) is 1. The molecule has 0 amide bonds. The molecule has 0 bridgehead atoms. The van der Waals surface area contributed by atoms with E-state index < -0.39 is 0 Å². The minimum atomic E-state index is 0.489. The van der Waals surface area contributed by atoms with Gasteiger partial charge in [0.1, 0.15) is 16.8 Å². The highest BCUT2D eigenvalue weighted by molar-refractivity contribution is 6.29. The number of aromatic nitrogens is 4. The van der Waals surface area contributed by atoms with Crippen LogP contribution in [0.3, 0.4) is 0 Å². The van der Waals surface area contributed by atoms with Crippen LogP contribution in [0.1, 0.15) is 35.7 Å². The predicted octanol–water partition coefficient (Wildman–Crippen LogP) is 3.86. The van der Waals surface area contributed by atoms with Crippen LogP contribution >= 0.6 is 11.6 Å². The van der Waals surface area contributed by atoms with Crippen LogP contribution in [-0.2, 0) is 13.1 Å². The smallest absolute Gasteiger partial charge is 0.135 e. The average Bonchev–Trinajstić information content (AvgIpc) is 3.31. The first-order chi connectivity index (χ1) is 11.8. The van der Waals surface area contributed by atoms with Crippen molar-refractivity contribution >= 4 is 17.4 Å². The zero-order chi connectivity index (χ0) is 16.4. The highest BCUT2D eigenvalue weighted by atomic mass is 35.5. The fourth-order valence-corrected chi connectivity index (χ4v) is 2.86. The molecule has 0 radical (unpaired) electrons. The Kier molecular flexibility index (Phi) is 4.17. The second kappa shape index (κ2) is 6.61. The highest BCUT2D eigenvalue weighted by Crippen LogP contribution is 2.38. The molecule has 0 unspecified atom stereocenters. The summed E-state index contributed by atoms with van der Waals surface area (Å²) >= 11 is 6.11.